The Hall–Kier alpha value is -3.11. The number of nitro groups is 1. The molecule has 1 aromatic heterocycles. The zero-order valence-corrected chi connectivity index (χ0v) is 12.4. The molecule has 24 heavy (non-hydrogen) atoms. The lowest BCUT2D eigenvalue weighted by molar-refractivity contribution is -0.385. The van der Waals surface area contributed by atoms with Gasteiger partial charge in [0.1, 0.15) is 11.3 Å². The van der Waals surface area contributed by atoms with Gasteiger partial charge in [0.25, 0.3) is 5.69 Å². The number of nitro benzene ring substituents is 1. The highest BCUT2D eigenvalue weighted by Crippen LogP contribution is 2.39. The molecule has 1 amide bonds. The number of nitrogens with one attached hydrogen (secondary N) is 1. The average molecular weight is 344 g/mol. The van der Waals surface area contributed by atoms with Gasteiger partial charge in [0.05, 0.1) is 10.6 Å². The highest BCUT2D eigenvalue weighted by molar-refractivity contribution is 5.76. The van der Waals surface area contributed by atoms with Crippen LogP contribution >= 0.6 is 0 Å². The number of hydrogen-bond acceptors (Lipinski definition) is 5. The molecule has 8 nitrogen and oxygen atoms in total. The Bertz CT molecular complexity index is 801. The highest BCUT2D eigenvalue weighted by atomic mass is 19.4. The van der Waals surface area contributed by atoms with E-state index in [1.54, 1.807) is 0 Å². The molecule has 11 heteroatoms. The van der Waals surface area contributed by atoms with Crippen LogP contribution in [0.3, 0.4) is 0 Å². The molecule has 0 atom stereocenters. The van der Waals surface area contributed by atoms with E-state index in [9.17, 15) is 28.1 Å². The zero-order valence-electron chi connectivity index (χ0n) is 12.4. The third-order valence-corrected chi connectivity index (χ3v) is 2.97. The summed E-state index contributed by atoms with van der Waals surface area (Å²) >= 11 is 0. The van der Waals surface area contributed by atoms with Crippen molar-refractivity contribution in [1.82, 2.24) is 15.1 Å². The van der Waals surface area contributed by atoms with Gasteiger partial charge in [-0.1, -0.05) is 0 Å². The summed E-state index contributed by atoms with van der Waals surface area (Å²) in [5.74, 6) is -0.912. The Morgan fingerprint density at radius 2 is 2.04 bits per heavy atom. The number of amides is 1. The van der Waals surface area contributed by atoms with Gasteiger partial charge in [-0.25, -0.2) is 4.79 Å². The number of alkyl halides is 3. The number of aromatic nitrogens is 2. The Morgan fingerprint density at radius 1 is 1.38 bits per heavy atom. The first-order valence-corrected chi connectivity index (χ1v) is 6.45. The van der Waals surface area contributed by atoms with Crippen molar-refractivity contribution < 1.29 is 27.6 Å². The third kappa shape index (κ3) is 3.45. The molecule has 0 saturated heterocycles. The van der Waals surface area contributed by atoms with Crippen LogP contribution < -0.4 is 10.1 Å². The third-order valence-electron chi connectivity index (χ3n) is 2.97. The van der Waals surface area contributed by atoms with Crippen LogP contribution in [0, 0.1) is 17.0 Å². The van der Waals surface area contributed by atoms with Gasteiger partial charge in [-0.3, -0.25) is 10.1 Å². The molecule has 0 aliphatic heterocycles. The van der Waals surface area contributed by atoms with Crippen molar-refractivity contribution in [3.63, 3.8) is 0 Å². The summed E-state index contributed by atoms with van der Waals surface area (Å²) < 4.78 is 45.2. The van der Waals surface area contributed by atoms with E-state index in [0.717, 1.165) is 16.8 Å². The van der Waals surface area contributed by atoms with Crippen molar-refractivity contribution in [2.24, 2.45) is 0 Å². The minimum Gasteiger partial charge on any atom is -0.437 e. The zero-order chi connectivity index (χ0) is 18.1. The number of carbonyl (C=O) groups is 1. The van der Waals surface area contributed by atoms with E-state index in [1.165, 1.54) is 20.0 Å². The molecule has 128 valence electrons. The molecular formula is C13H11F3N4O4. The lowest BCUT2D eigenvalue weighted by Gasteiger charge is -2.12. The van der Waals surface area contributed by atoms with Gasteiger partial charge in [0.2, 0.25) is 5.88 Å². The second kappa shape index (κ2) is 6.18. The molecule has 0 radical (unpaired) electrons. The molecule has 2 aromatic rings. The van der Waals surface area contributed by atoms with Crippen LogP contribution in [0.15, 0.2) is 24.3 Å². The first kappa shape index (κ1) is 17.2. The van der Waals surface area contributed by atoms with Gasteiger partial charge in [-0.2, -0.15) is 17.9 Å². The summed E-state index contributed by atoms with van der Waals surface area (Å²) in [4.78, 5) is 21.2. The summed E-state index contributed by atoms with van der Waals surface area (Å²) in [6, 6.07) is 2.75. The molecule has 2 rings (SSSR count). The first-order valence-electron chi connectivity index (χ1n) is 6.45. The number of halogens is 3. The van der Waals surface area contributed by atoms with Crippen LogP contribution in [-0.4, -0.2) is 27.8 Å². The molecule has 0 aliphatic carbocycles. The molecule has 1 N–H and O–H groups in total. The fourth-order valence-corrected chi connectivity index (χ4v) is 1.86. The van der Waals surface area contributed by atoms with Crippen LogP contribution in [0.1, 0.15) is 11.3 Å². The monoisotopic (exact) mass is 344 g/mol. The number of benzene rings is 1. The topological polar surface area (TPSA) is 99.3 Å². The Morgan fingerprint density at radius 3 is 2.58 bits per heavy atom. The van der Waals surface area contributed by atoms with E-state index in [4.69, 9.17) is 4.74 Å². The minimum absolute atomic E-state index is 0.254. The predicted molar refractivity (Wildman–Crippen MR) is 75.0 cm³/mol. The number of carbonyl (C=O) groups excluding carboxylic acids is 1. The number of rotatable bonds is 3. The molecule has 0 unspecified atom stereocenters. The first-order chi connectivity index (χ1) is 11.1. The summed E-state index contributed by atoms with van der Waals surface area (Å²) in [7, 11) is 1.36. The lowest BCUT2D eigenvalue weighted by atomic mass is 10.1. The maximum Gasteiger partial charge on any atom is 0.420 e. The fraction of sp³-hybridized carbons (Fsp3) is 0.231. The maximum absolute atomic E-state index is 13.1. The Balaban J connectivity index is 2.43. The van der Waals surface area contributed by atoms with E-state index in [1.807, 2.05) is 0 Å². The molecule has 0 saturated carbocycles. The number of nitrogens with zero attached hydrogens (tertiary/aromatic N) is 3. The van der Waals surface area contributed by atoms with Crippen molar-refractivity contribution in [1.29, 1.82) is 0 Å². The van der Waals surface area contributed by atoms with Crippen molar-refractivity contribution in [2.45, 2.75) is 13.1 Å². The SMILES string of the molecule is CNC(=O)n1nc(Oc2ccc([N+](=O)[O-])cc2C(F)(F)F)cc1C. The largest absolute Gasteiger partial charge is 0.437 e. The predicted octanol–water partition coefficient (Wildman–Crippen LogP) is 3.10. The van der Waals surface area contributed by atoms with Crippen molar-refractivity contribution >= 4 is 11.7 Å². The number of ether oxygens (including phenoxy) is 1. The van der Waals surface area contributed by atoms with Gasteiger partial charge < -0.3 is 10.1 Å². The Kier molecular flexibility index (Phi) is 4.44. The molecule has 0 fully saturated rings. The van der Waals surface area contributed by atoms with E-state index >= 15 is 0 Å². The number of non-ortho nitro benzene ring substituents is 1. The van der Waals surface area contributed by atoms with Crippen LogP contribution in [0.25, 0.3) is 0 Å². The van der Waals surface area contributed by atoms with E-state index in [0.29, 0.717) is 11.8 Å². The maximum atomic E-state index is 13.1. The minimum atomic E-state index is -4.86. The fourth-order valence-electron chi connectivity index (χ4n) is 1.86. The van der Waals surface area contributed by atoms with Crippen LogP contribution in [0.2, 0.25) is 0 Å². The van der Waals surface area contributed by atoms with Gasteiger partial charge in [-0.05, 0) is 13.0 Å². The van der Waals surface area contributed by atoms with E-state index < -0.39 is 34.1 Å². The quantitative estimate of drug-likeness (QED) is 0.681. The number of hydrogen-bond donors (Lipinski definition) is 1. The summed E-state index contributed by atoms with van der Waals surface area (Å²) in [5.41, 5.74) is -1.70. The standard InChI is InChI=1S/C13H11F3N4O4/c1-7-5-11(18-19(7)12(21)17-2)24-10-4-3-8(20(22)23)6-9(10)13(14,15)16/h3-6H,1-2H3,(H,17,21). The summed E-state index contributed by atoms with van der Waals surface area (Å²) in [5, 5.41) is 16.7. The smallest absolute Gasteiger partial charge is 0.420 e. The van der Waals surface area contributed by atoms with Crippen molar-refractivity contribution in [2.75, 3.05) is 7.05 Å². The normalized spacial score (nSPS) is 11.2. The van der Waals surface area contributed by atoms with E-state index in [2.05, 4.69) is 10.4 Å². The van der Waals surface area contributed by atoms with Crippen molar-refractivity contribution in [3.05, 3.63) is 45.6 Å². The molecule has 0 spiro atoms. The van der Waals surface area contributed by atoms with Gasteiger partial charge in [-0.15, -0.1) is 5.10 Å². The number of aryl methyl sites for hydroxylation is 1. The van der Waals surface area contributed by atoms with Crippen LogP contribution in [0.5, 0.6) is 11.6 Å². The molecule has 0 bridgehead atoms. The van der Waals surface area contributed by atoms with Crippen LogP contribution in [-0.2, 0) is 6.18 Å². The summed E-state index contributed by atoms with van der Waals surface area (Å²) in [6.07, 6.45) is -4.86. The molecule has 1 aromatic carbocycles. The van der Waals surface area contributed by atoms with Crippen LogP contribution in [0.4, 0.5) is 23.7 Å². The van der Waals surface area contributed by atoms with Crippen molar-refractivity contribution in [3.8, 4) is 11.6 Å². The van der Waals surface area contributed by atoms with Gasteiger partial charge in [0.15, 0.2) is 0 Å². The van der Waals surface area contributed by atoms with Gasteiger partial charge >= 0.3 is 12.2 Å². The second-order valence-corrected chi connectivity index (χ2v) is 4.63. The van der Waals surface area contributed by atoms with E-state index in [-0.39, 0.29) is 5.88 Å². The Labute approximate surface area is 133 Å². The average Bonchev–Trinajstić information content (AvgIpc) is 2.86. The second-order valence-electron chi connectivity index (χ2n) is 4.63. The summed E-state index contributed by atoms with van der Waals surface area (Å²) in [6.45, 7) is 1.51. The molecular weight excluding hydrogens is 333 g/mol. The highest BCUT2D eigenvalue weighted by Gasteiger charge is 2.36. The molecule has 1 heterocycles. The molecule has 0 aliphatic rings. The lowest BCUT2D eigenvalue weighted by Crippen LogP contribution is -2.26. The van der Waals surface area contributed by atoms with Gasteiger partial charge in [0, 0.05) is 25.2 Å².